The van der Waals surface area contributed by atoms with E-state index in [0.717, 1.165) is 5.56 Å². The van der Waals surface area contributed by atoms with Crippen LogP contribution in [-0.2, 0) is 0 Å². The minimum atomic E-state index is -0.249. The van der Waals surface area contributed by atoms with Gasteiger partial charge in [-0.25, -0.2) is 0 Å². The minimum Gasteiger partial charge on any atom is -0.399 e. The molecule has 0 saturated carbocycles. The van der Waals surface area contributed by atoms with Crippen LogP contribution in [0.5, 0.6) is 0 Å². The maximum Gasteiger partial charge on any atom is 0.253 e. The SMILES string of the molecule is CC(NC(=O)c1cc(N)ccc1Cl)c1ccncc1. The number of halogens is 1. The van der Waals surface area contributed by atoms with E-state index >= 15 is 0 Å². The average molecular weight is 276 g/mol. The van der Waals surface area contributed by atoms with Gasteiger partial charge in [-0.3, -0.25) is 9.78 Å². The van der Waals surface area contributed by atoms with Crippen molar-refractivity contribution >= 4 is 23.2 Å². The zero-order chi connectivity index (χ0) is 13.8. The number of rotatable bonds is 3. The van der Waals surface area contributed by atoms with E-state index in [2.05, 4.69) is 10.3 Å². The van der Waals surface area contributed by atoms with E-state index < -0.39 is 0 Å². The Morgan fingerprint density at radius 2 is 2.00 bits per heavy atom. The van der Waals surface area contributed by atoms with Gasteiger partial charge in [-0.2, -0.15) is 0 Å². The molecule has 0 aliphatic rings. The lowest BCUT2D eigenvalue weighted by Gasteiger charge is -2.14. The standard InChI is InChI=1S/C14H14ClN3O/c1-9(10-4-6-17-7-5-10)18-14(19)12-8-11(16)2-3-13(12)15/h2-9H,16H2,1H3,(H,18,19). The van der Waals surface area contributed by atoms with Gasteiger partial charge in [0.05, 0.1) is 16.6 Å². The van der Waals surface area contributed by atoms with E-state index in [1.807, 2.05) is 19.1 Å². The fourth-order valence-electron chi connectivity index (χ4n) is 1.73. The van der Waals surface area contributed by atoms with Gasteiger partial charge in [0.1, 0.15) is 0 Å². The zero-order valence-electron chi connectivity index (χ0n) is 10.4. The molecule has 0 saturated heterocycles. The molecule has 1 heterocycles. The molecule has 2 aromatic rings. The summed E-state index contributed by atoms with van der Waals surface area (Å²) in [7, 11) is 0. The molecule has 1 atom stereocenters. The van der Waals surface area contributed by atoms with Crippen LogP contribution >= 0.6 is 11.6 Å². The minimum absolute atomic E-state index is 0.131. The quantitative estimate of drug-likeness (QED) is 0.847. The number of amides is 1. The highest BCUT2D eigenvalue weighted by atomic mass is 35.5. The number of carbonyl (C=O) groups excluding carboxylic acids is 1. The van der Waals surface area contributed by atoms with Crippen molar-refractivity contribution in [3.05, 3.63) is 58.9 Å². The fourth-order valence-corrected chi connectivity index (χ4v) is 1.93. The van der Waals surface area contributed by atoms with E-state index in [1.54, 1.807) is 30.6 Å². The normalized spacial score (nSPS) is 11.9. The zero-order valence-corrected chi connectivity index (χ0v) is 11.2. The van der Waals surface area contributed by atoms with Gasteiger partial charge in [0, 0.05) is 18.1 Å². The molecule has 5 heteroatoms. The van der Waals surface area contributed by atoms with E-state index in [1.165, 1.54) is 0 Å². The van der Waals surface area contributed by atoms with Crippen molar-refractivity contribution in [2.24, 2.45) is 0 Å². The topological polar surface area (TPSA) is 68.0 Å². The van der Waals surface area contributed by atoms with Crippen LogP contribution in [0.3, 0.4) is 0 Å². The molecule has 0 fully saturated rings. The number of nitrogen functional groups attached to an aromatic ring is 1. The van der Waals surface area contributed by atoms with Gasteiger partial charge in [-0.15, -0.1) is 0 Å². The molecule has 3 N–H and O–H groups in total. The number of nitrogens with one attached hydrogen (secondary N) is 1. The van der Waals surface area contributed by atoms with Crippen LogP contribution < -0.4 is 11.1 Å². The van der Waals surface area contributed by atoms with Gasteiger partial charge in [-0.05, 0) is 42.8 Å². The van der Waals surface area contributed by atoms with Crippen molar-refractivity contribution in [2.45, 2.75) is 13.0 Å². The predicted octanol–water partition coefficient (Wildman–Crippen LogP) is 2.81. The second kappa shape index (κ2) is 5.71. The molecule has 2 rings (SSSR count). The first-order chi connectivity index (χ1) is 9.08. The molecule has 4 nitrogen and oxygen atoms in total. The van der Waals surface area contributed by atoms with Crippen molar-refractivity contribution in [2.75, 3.05) is 5.73 Å². The Morgan fingerprint density at radius 3 is 2.68 bits per heavy atom. The second-order valence-corrected chi connectivity index (χ2v) is 4.62. The average Bonchev–Trinajstić information content (AvgIpc) is 2.42. The molecule has 98 valence electrons. The molecule has 0 aliphatic carbocycles. The van der Waals surface area contributed by atoms with Gasteiger partial charge < -0.3 is 11.1 Å². The highest BCUT2D eigenvalue weighted by Gasteiger charge is 2.14. The lowest BCUT2D eigenvalue weighted by atomic mass is 10.1. The van der Waals surface area contributed by atoms with E-state index in [4.69, 9.17) is 17.3 Å². The molecule has 0 bridgehead atoms. The number of hydrogen-bond donors (Lipinski definition) is 2. The molecule has 1 aromatic heterocycles. The summed E-state index contributed by atoms with van der Waals surface area (Å²) in [6.45, 7) is 1.90. The third-order valence-corrected chi connectivity index (χ3v) is 3.12. The maximum absolute atomic E-state index is 12.1. The number of carbonyl (C=O) groups is 1. The smallest absolute Gasteiger partial charge is 0.253 e. The molecule has 19 heavy (non-hydrogen) atoms. The van der Waals surface area contributed by atoms with Gasteiger partial charge in [0.2, 0.25) is 0 Å². The first-order valence-electron chi connectivity index (χ1n) is 5.83. The molecule has 1 amide bonds. The third-order valence-electron chi connectivity index (χ3n) is 2.79. The van der Waals surface area contributed by atoms with E-state index in [-0.39, 0.29) is 11.9 Å². The Labute approximate surface area is 116 Å². The van der Waals surface area contributed by atoms with E-state index in [0.29, 0.717) is 16.3 Å². The van der Waals surface area contributed by atoms with Gasteiger partial charge in [-0.1, -0.05) is 11.6 Å². The van der Waals surface area contributed by atoms with Crippen LogP contribution in [0.15, 0.2) is 42.7 Å². The summed E-state index contributed by atoms with van der Waals surface area (Å²) < 4.78 is 0. The van der Waals surface area contributed by atoms with Crippen molar-refractivity contribution in [1.29, 1.82) is 0 Å². The van der Waals surface area contributed by atoms with Crippen molar-refractivity contribution in [3.8, 4) is 0 Å². The highest BCUT2D eigenvalue weighted by Crippen LogP contribution is 2.20. The second-order valence-electron chi connectivity index (χ2n) is 4.21. The third kappa shape index (κ3) is 3.23. The predicted molar refractivity (Wildman–Crippen MR) is 76.0 cm³/mol. The molecular weight excluding hydrogens is 262 g/mol. The summed E-state index contributed by atoms with van der Waals surface area (Å²) in [6.07, 6.45) is 3.37. The summed E-state index contributed by atoms with van der Waals surface area (Å²) in [4.78, 5) is 16.1. The summed E-state index contributed by atoms with van der Waals surface area (Å²) in [5.74, 6) is -0.249. The lowest BCUT2D eigenvalue weighted by Crippen LogP contribution is -2.27. The number of aromatic nitrogens is 1. The lowest BCUT2D eigenvalue weighted by molar-refractivity contribution is 0.0940. The van der Waals surface area contributed by atoms with E-state index in [9.17, 15) is 4.79 Å². The number of hydrogen-bond acceptors (Lipinski definition) is 3. The summed E-state index contributed by atoms with van der Waals surface area (Å²) in [6, 6.07) is 8.41. The van der Waals surface area contributed by atoms with Crippen LogP contribution in [0.25, 0.3) is 0 Å². The number of nitrogens with two attached hydrogens (primary N) is 1. The molecule has 1 aromatic carbocycles. The highest BCUT2D eigenvalue weighted by molar-refractivity contribution is 6.34. The van der Waals surface area contributed by atoms with Crippen molar-refractivity contribution in [1.82, 2.24) is 10.3 Å². The molecule has 0 aliphatic heterocycles. The Kier molecular flexibility index (Phi) is 4.02. The van der Waals surface area contributed by atoms with Crippen LogP contribution in [0.1, 0.15) is 28.9 Å². The first kappa shape index (κ1) is 13.4. The molecule has 1 unspecified atom stereocenters. The van der Waals surface area contributed by atoms with Crippen LogP contribution in [0.2, 0.25) is 5.02 Å². The molecular formula is C14H14ClN3O. The Morgan fingerprint density at radius 1 is 1.32 bits per heavy atom. The number of pyridine rings is 1. The van der Waals surface area contributed by atoms with Crippen LogP contribution in [0, 0.1) is 0 Å². The van der Waals surface area contributed by atoms with Gasteiger partial charge >= 0.3 is 0 Å². The van der Waals surface area contributed by atoms with Crippen molar-refractivity contribution < 1.29 is 4.79 Å². The first-order valence-corrected chi connectivity index (χ1v) is 6.21. The molecule has 0 radical (unpaired) electrons. The molecule has 0 spiro atoms. The summed E-state index contributed by atoms with van der Waals surface area (Å²) in [5.41, 5.74) is 7.52. The summed E-state index contributed by atoms with van der Waals surface area (Å²) >= 11 is 5.99. The number of anilines is 1. The van der Waals surface area contributed by atoms with Gasteiger partial charge in [0.15, 0.2) is 0 Å². The Bertz CT molecular complexity index is 586. The maximum atomic E-state index is 12.1. The monoisotopic (exact) mass is 275 g/mol. The largest absolute Gasteiger partial charge is 0.399 e. The van der Waals surface area contributed by atoms with Gasteiger partial charge in [0.25, 0.3) is 5.91 Å². The summed E-state index contributed by atoms with van der Waals surface area (Å²) in [5, 5.41) is 3.26. The van der Waals surface area contributed by atoms with Crippen LogP contribution in [0.4, 0.5) is 5.69 Å². The Balaban J connectivity index is 2.15. The number of benzene rings is 1. The number of nitrogens with zero attached hydrogens (tertiary/aromatic N) is 1. The van der Waals surface area contributed by atoms with Crippen molar-refractivity contribution in [3.63, 3.8) is 0 Å². The van der Waals surface area contributed by atoms with Crippen LogP contribution in [-0.4, -0.2) is 10.9 Å². The fraction of sp³-hybridized carbons (Fsp3) is 0.143. The Hall–Kier alpha value is -2.07.